The number of rotatable bonds is 7. The van der Waals surface area contributed by atoms with Crippen LogP contribution < -0.4 is 5.32 Å². The number of amides is 1. The van der Waals surface area contributed by atoms with E-state index in [-0.39, 0.29) is 59.5 Å². The zero-order valence-electron chi connectivity index (χ0n) is 24.2. The van der Waals surface area contributed by atoms with Gasteiger partial charge in [0.25, 0.3) is 0 Å². The van der Waals surface area contributed by atoms with Crippen LogP contribution in [0.3, 0.4) is 0 Å². The summed E-state index contributed by atoms with van der Waals surface area (Å²) in [6.45, 7) is 10.2. The van der Waals surface area contributed by atoms with E-state index >= 15 is 0 Å². The number of halogens is 3. The molecule has 4 aliphatic rings. The van der Waals surface area contributed by atoms with Crippen LogP contribution in [0, 0.1) is 40.4 Å². The first-order valence-corrected chi connectivity index (χ1v) is 15.8. The van der Waals surface area contributed by atoms with Gasteiger partial charge in [-0.25, -0.2) is 4.79 Å². The van der Waals surface area contributed by atoms with Crippen LogP contribution in [0.25, 0.3) is 0 Å². The number of hydrogen-bond acceptors (Lipinski definition) is 7. The molecule has 0 saturated heterocycles. The summed E-state index contributed by atoms with van der Waals surface area (Å²) >= 11 is 17.5. The summed E-state index contributed by atoms with van der Waals surface area (Å²) in [6.07, 6.45) is 4.63. The van der Waals surface area contributed by atoms with Gasteiger partial charge in [-0.15, -0.1) is 0 Å². The molecule has 0 radical (unpaired) electrons. The third kappa shape index (κ3) is 6.35. The van der Waals surface area contributed by atoms with Gasteiger partial charge >= 0.3 is 18.0 Å². The van der Waals surface area contributed by atoms with Crippen molar-refractivity contribution >= 4 is 52.8 Å². The molecule has 0 unspecified atom stereocenters. The first-order chi connectivity index (χ1) is 18.7. The monoisotopic (exact) mass is 623 g/mol. The molecule has 1 N–H and O–H groups in total. The van der Waals surface area contributed by atoms with E-state index in [1.54, 1.807) is 0 Å². The molecule has 0 aromatic heterocycles. The smallest absolute Gasteiger partial charge is 0.407 e. The minimum atomic E-state index is -1.72. The summed E-state index contributed by atoms with van der Waals surface area (Å²) in [5, 5.41) is 3.15. The molecule has 0 bridgehead atoms. The summed E-state index contributed by atoms with van der Waals surface area (Å²) in [7, 11) is 0. The predicted molar refractivity (Wildman–Crippen MR) is 152 cm³/mol. The molecule has 4 rings (SSSR count). The number of alkyl carbamates (subject to hydrolysis) is 1. The van der Waals surface area contributed by atoms with Crippen molar-refractivity contribution in [2.45, 2.75) is 102 Å². The summed E-state index contributed by atoms with van der Waals surface area (Å²) < 4.78 is 21.0. The predicted octanol–water partition coefficient (Wildman–Crippen LogP) is 6.23. The Labute approximate surface area is 252 Å². The number of fused-ring (bicyclic) bond motifs is 5. The molecule has 0 spiro atoms. The van der Waals surface area contributed by atoms with Crippen molar-refractivity contribution in [1.82, 2.24) is 5.32 Å². The summed E-state index contributed by atoms with van der Waals surface area (Å²) in [5.74, 6) is 0.368. The van der Waals surface area contributed by atoms with Crippen LogP contribution in [0.15, 0.2) is 0 Å². The Morgan fingerprint density at radius 1 is 0.925 bits per heavy atom. The van der Waals surface area contributed by atoms with E-state index in [4.69, 9.17) is 53.8 Å². The van der Waals surface area contributed by atoms with E-state index in [2.05, 4.69) is 19.2 Å². The molecular weight excluding hydrogens is 581 g/mol. The zero-order valence-corrected chi connectivity index (χ0v) is 26.4. The van der Waals surface area contributed by atoms with Crippen molar-refractivity contribution in [2.75, 3.05) is 19.8 Å². The Bertz CT molecular complexity index is 960. The van der Waals surface area contributed by atoms with Crippen molar-refractivity contribution < 1.29 is 33.3 Å². The number of nitrogens with one attached hydrogen (secondary N) is 1. The van der Waals surface area contributed by atoms with Gasteiger partial charge < -0.3 is 24.3 Å². The minimum absolute atomic E-state index is 0.117. The van der Waals surface area contributed by atoms with E-state index < -0.39 is 9.89 Å². The lowest BCUT2D eigenvalue weighted by atomic mass is 9.43. The van der Waals surface area contributed by atoms with E-state index in [0.29, 0.717) is 37.4 Å². The summed E-state index contributed by atoms with van der Waals surface area (Å²) in [5.41, 5.74) is -0.506. The third-order valence-corrected chi connectivity index (χ3v) is 10.9. The molecule has 40 heavy (non-hydrogen) atoms. The molecule has 10 atom stereocenters. The summed E-state index contributed by atoms with van der Waals surface area (Å²) in [4.78, 5) is 38.1. The van der Waals surface area contributed by atoms with Crippen molar-refractivity contribution in [3.8, 4) is 0 Å². The SMILES string of the molecule is CCOC(=O)[C@H]1CC[C@H]2[C@@H]3CC[C@H]4C[C@H](OC(C)=O)[C@@H](OCC)C[C@]4(C)[C@H]3[C@H](NC(=O)OCC(Cl)(Cl)Cl)C[C@]12C. The highest BCUT2D eigenvalue weighted by Crippen LogP contribution is 2.67. The number of esters is 2. The topological polar surface area (TPSA) is 100 Å². The van der Waals surface area contributed by atoms with Gasteiger partial charge in [0, 0.05) is 19.6 Å². The molecule has 4 saturated carbocycles. The fourth-order valence-corrected chi connectivity index (χ4v) is 9.41. The number of hydrogen-bond donors (Lipinski definition) is 1. The van der Waals surface area contributed by atoms with Crippen LogP contribution in [0.2, 0.25) is 0 Å². The van der Waals surface area contributed by atoms with Gasteiger partial charge in [-0.2, -0.15) is 0 Å². The minimum Gasteiger partial charge on any atom is -0.466 e. The Kier molecular flexibility index (Phi) is 9.86. The van der Waals surface area contributed by atoms with Gasteiger partial charge in [0.05, 0.1) is 18.6 Å². The maximum absolute atomic E-state index is 13.1. The Morgan fingerprint density at radius 3 is 2.27 bits per heavy atom. The van der Waals surface area contributed by atoms with Crippen LogP contribution in [0.4, 0.5) is 4.79 Å². The van der Waals surface area contributed by atoms with Gasteiger partial charge in [0.1, 0.15) is 12.7 Å². The average Bonchev–Trinajstić information content (AvgIpc) is 3.19. The second-order valence-electron chi connectivity index (χ2n) is 12.7. The highest BCUT2D eigenvalue weighted by Gasteiger charge is 2.65. The average molecular weight is 625 g/mol. The van der Waals surface area contributed by atoms with Gasteiger partial charge in [-0.1, -0.05) is 48.7 Å². The van der Waals surface area contributed by atoms with Crippen LogP contribution in [-0.2, 0) is 28.5 Å². The van der Waals surface area contributed by atoms with Crippen molar-refractivity contribution in [2.24, 2.45) is 40.4 Å². The molecule has 4 fully saturated rings. The third-order valence-electron chi connectivity index (χ3n) is 10.5. The van der Waals surface area contributed by atoms with Gasteiger partial charge in [-0.05, 0) is 93.3 Å². The van der Waals surface area contributed by atoms with Gasteiger partial charge in [0.2, 0.25) is 3.79 Å². The molecular formula is C29H44Cl3NO7. The molecule has 0 aromatic rings. The van der Waals surface area contributed by atoms with Crippen LogP contribution in [-0.4, -0.2) is 59.9 Å². The molecule has 4 aliphatic carbocycles. The fraction of sp³-hybridized carbons (Fsp3) is 0.897. The van der Waals surface area contributed by atoms with Gasteiger partial charge in [0.15, 0.2) is 0 Å². The highest BCUT2D eigenvalue weighted by molar-refractivity contribution is 6.67. The molecule has 0 heterocycles. The number of alkyl halides is 3. The Morgan fingerprint density at radius 2 is 1.65 bits per heavy atom. The van der Waals surface area contributed by atoms with Crippen molar-refractivity contribution in [3.05, 3.63) is 0 Å². The summed E-state index contributed by atoms with van der Waals surface area (Å²) in [6, 6.07) is -0.260. The maximum atomic E-state index is 13.1. The molecule has 8 nitrogen and oxygen atoms in total. The van der Waals surface area contributed by atoms with E-state index in [9.17, 15) is 14.4 Å². The Balaban J connectivity index is 1.68. The van der Waals surface area contributed by atoms with E-state index in [0.717, 1.165) is 38.5 Å². The number of ether oxygens (including phenoxy) is 4. The van der Waals surface area contributed by atoms with Crippen LogP contribution >= 0.6 is 34.8 Å². The van der Waals surface area contributed by atoms with Crippen molar-refractivity contribution in [3.63, 3.8) is 0 Å². The molecule has 0 aromatic carbocycles. The number of carbonyl (C=O) groups excluding carboxylic acids is 3. The lowest BCUT2D eigenvalue weighted by Crippen LogP contribution is -2.64. The quantitative estimate of drug-likeness (QED) is 0.204. The molecule has 11 heteroatoms. The maximum Gasteiger partial charge on any atom is 0.407 e. The molecule has 0 aliphatic heterocycles. The normalized spacial score (nSPS) is 40.7. The second-order valence-corrected chi connectivity index (χ2v) is 15.2. The van der Waals surface area contributed by atoms with Crippen LogP contribution in [0.1, 0.15) is 79.6 Å². The van der Waals surface area contributed by atoms with E-state index in [1.165, 1.54) is 6.92 Å². The first-order valence-electron chi connectivity index (χ1n) is 14.7. The highest BCUT2D eigenvalue weighted by atomic mass is 35.6. The first kappa shape index (κ1) is 32.0. The lowest BCUT2D eigenvalue weighted by molar-refractivity contribution is -0.195. The lowest BCUT2D eigenvalue weighted by Gasteiger charge is -2.63. The van der Waals surface area contributed by atoms with Crippen LogP contribution in [0.5, 0.6) is 0 Å². The number of carbonyl (C=O) groups is 3. The standard InChI is InChI=1S/C29H44Cl3NO7/c1-6-37-23-14-27(4)17(12-22(23)40-16(3)34)8-9-18-19-10-11-20(25(35)38-7-2)28(19,5)13-21(24(18)27)33-26(36)39-15-29(30,31)32/h17-24H,6-15H2,1-5H3,(H,33,36)/t17-,18-,19-,20+,21+,22-,23-,24+,27-,28-/m0/s1. The zero-order chi connectivity index (χ0) is 29.5. The van der Waals surface area contributed by atoms with Crippen molar-refractivity contribution in [1.29, 1.82) is 0 Å². The van der Waals surface area contributed by atoms with E-state index in [1.807, 2.05) is 13.8 Å². The van der Waals surface area contributed by atoms with Gasteiger partial charge in [-0.3, -0.25) is 9.59 Å². The molecule has 228 valence electrons. The Hall–Kier alpha value is -0.960. The fourth-order valence-electron chi connectivity index (χ4n) is 9.25. The largest absolute Gasteiger partial charge is 0.466 e. The molecule has 1 amide bonds. The second kappa shape index (κ2) is 12.3.